The van der Waals surface area contributed by atoms with Gasteiger partial charge in [0.25, 0.3) is 11.8 Å². The molecule has 1 aromatic carbocycles. The number of carbonyl (C=O) groups is 3. The monoisotopic (exact) mass is 390 g/mol. The molecule has 0 bridgehead atoms. The van der Waals surface area contributed by atoms with Crippen LogP contribution in [0.4, 0.5) is 0 Å². The molecule has 2 rings (SSSR count). The quantitative estimate of drug-likeness (QED) is 0.674. The van der Waals surface area contributed by atoms with Crippen molar-refractivity contribution >= 4 is 29.1 Å². The van der Waals surface area contributed by atoms with Crippen molar-refractivity contribution in [2.24, 2.45) is 0 Å². The fraction of sp³-hybridized carbons (Fsp3) is 0.316. The molecule has 144 valence electrons. The van der Waals surface area contributed by atoms with E-state index in [0.29, 0.717) is 10.6 Å². The van der Waals surface area contributed by atoms with E-state index >= 15 is 0 Å². The number of ether oxygens (including phenoxy) is 2. The number of para-hydroxylation sites is 1. The number of methoxy groups -OCH3 is 1. The summed E-state index contributed by atoms with van der Waals surface area (Å²) in [6, 6.07) is 10.5. The van der Waals surface area contributed by atoms with Gasteiger partial charge in [-0.05, 0) is 32.0 Å². The van der Waals surface area contributed by atoms with Gasteiger partial charge in [-0.3, -0.25) is 14.4 Å². The molecule has 8 heteroatoms. The maximum atomic E-state index is 12.0. The van der Waals surface area contributed by atoms with Gasteiger partial charge in [-0.15, -0.1) is 11.3 Å². The topological polar surface area (TPSA) is 93.7 Å². The average molecular weight is 390 g/mol. The summed E-state index contributed by atoms with van der Waals surface area (Å²) < 4.78 is 10.2. The largest absolute Gasteiger partial charge is 0.496 e. The molecule has 2 amide bonds. The molecule has 0 aliphatic heterocycles. The van der Waals surface area contributed by atoms with Gasteiger partial charge in [-0.2, -0.15) is 0 Å². The van der Waals surface area contributed by atoms with E-state index in [-0.39, 0.29) is 18.5 Å². The first-order valence-corrected chi connectivity index (χ1v) is 9.15. The van der Waals surface area contributed by atoms with E-state index in [1.165, 1.54) is 11.3 Å². The van der Waals surface area contributed by atoms with Gasteiger partial charge in [0.1, 0.15) is 12.3 Å². The molecule has 0 spiro atoms. The summed E-state index contributed by atoms with van der Waals surface area (Å²) in [6.45, 7) is 2.97. The van der Waals surface area contributed by atoms with Crippen molar-refractivity contribution in [2.45, 2.75) is 19.9 Å². The number of hydrogen-bond acceptors (Lipinski definition) is 6. The molecular formula is C19H22N2O5S. The van der Waals surface area contributed by atoms with Gasteiger partial charge in [-0.25, -0.2) is 0 Å². The number of benzene rings is 1. The van der Waals surface area contributed by atoms with E-state index in [4.69, 9.17) is 9.47 Å². The van der Waals surface area contributed by atoms with Crippen LogP contribution in [0.2, 0.25) is 0 Å². The number of rotatable bonds is 8. The second-order valence-electron chi connectivity index (χ2n) is 5.78. The summed E-state index contributed by atoms with van der Waals surface area (Å²) in [5.74, 6) is -0.813. The van der Waals surface area contributed by atoms with Gasteiger partial charge in [0.05, 0.1) is 18.0 Å². The highest BCUT2D eigenvalue weighted by atomic mass is 32.1. The molecule has 0 radical (unpaired) electrons. The number of carbonyl (C=O) groups excluding carboxylic acids is 3. The molecule has 27 heavy (non-hydrogen) atoms. The van der Waals surface area contributed by atoms with Gasteiger partial charge in [0, 0.05) is 10.4 Å². The summed E-state index contributed by atoms with van der Waals surface area (Å²) in [5.41, 5.74) is 0.818. The van der Waals surface area contributed by atoms with E-state index in [9.17, 15) is 14.4 Å². The van der Waals surface area contributed by atoms with Crippen LogP contribution in [0.3, 0.4) is 0 Å². The zero-order chi connectivity index (χ0) is 19.8. The zero-order valence-corrected chi connectivity index (χ0v) is 16.2. The Morgan fingerprint density at radius 1 is 1.15 bits per heavy atom. The molecule has 7 nitrogen and oxygen atoms in total. The van der Waals surface area contributed by atoms with Crippen LogP contribution in [0, 0.1) is 6.92 Å². The molecule has 0 fully saturated rings. The fourth-order valence-corrected chi connectivity index (χ4v) is 3.16. The summed E-state index contributed by atoms with van der Waals surface area (Å²) in [5, 5.41) is 5.20. The van der Waals surface area contributed by atoms with E-state index in [2.05, 4.69) is 10.6 Å². The number of hydrogen-bond donors (Lipinski definition) is 2. The summed E-state index contributed by atoms with van der Waals surface area (Å²) in [6.07, 6.45) is 0. The van der Waals surface area contributed by atoms with Crippen molar-refractivity contribution < 1.29 is 23.9 Å². The third-order valence-electron chi connectivity index (χ3n) is 3.70. The lowest BCUT2D eigenvalue weighted by molar-refractivity contribution is -0.147. The number of nitrogens with one attached hydrogen (secondary N) is 2. The van der Waals surface area contributed by atoms with Crippen LogP contribution in [0.1, 0.15) is 33.1 Å². The van der Waals surface area contributed by atoms with Gasteiger partial charge >= 0.3 is 5.97 Å². The van der Waals surface area contributed by atoms with E-state index in [1.807, 2.05) is 31.2 Å². The highest BCUT2D eigenvalue weighted by Crippen LogP contribution is 2.24. The first-order valence-electron chi connectivity index (χ1n) is 8.33. The van der Waals surface area contributed by atoms with Crippen LogP contribution in [0.15, 0.2) is 36.4 Å². The molecule has 0 saturated carbocycles. The Morgan fingerprint density at radius 3 is 2.56 bits per heavy atom. The van der Waals surface area contributed by atoms with Crippen molar-refractivity contribution in [3.8, 4) is 5.75 Å². The minimum absolute atomic E-state index is 0.300. The van der Waals surface area contributed by atoms with Crippen LogP contribution in [0.25, 0.3) is 0 Å². The molecule has 1 atom stereocenters. The molecule has 1 unspecified atom stereocenters. The van der Waals surface area contributed by atoms with Crippen LogP contribution < -0.4 is 15.4 Å². The first-order chi connectivity index (χ1) is 12.9. The van der Waals surface area contributed by atoms with E-state index in [0.717, 1.165) is 10.4 Å². The Kier molecular flexibility index (Phi) is 7.36. The second-order valence-corrected chi connectivity index (χ2v) is 7.07. The van der Waals surface area contributed by atoms with Crippen molar-refractivity contribution in [1.29, 1.82) is 0 Å². The Bertz CT molecular complexity index is 818. The minimum atomic E-state index is -0.684. The normalized spacial score (nSPS) is 11.4. The summed E-state index contributed by atoms with van der Waals surface area (Å²) in [4.78, 5) is 37.1. The van der Waals surface area contributed by atoms with Crippen LogP contribution in [-0.4, -0.2) is 38.0 Å². The van der Waals surface area contributed by atoms with E-state index in [1.54, 1.807) is 26.2 Å². The molecule has 2 aromatic rings. The van der Waals surface area contributed by atoms with Gasteiger partial charge in [0.15, 0.2) is 6.61 Å². The van der Waals surface area contributed by atoms with Crippen molar-refractivity contribution in [3.05, 3.63) is 51.7 Å². The SMILES string of the molecule is COc1ccccc1C(C)NC(=O)COC(=O)CNC(=O)c1ccc(C)s1. The molecule has 0 aliphatic carbocycles. The fourth-order valence-electron chi connectivity index (χ4n) is 2.38. The molecule has 1 heterocycles. The lowest BCUT2D eigenvalue weighted by atomic mass is 10.1. The summed E-state index contributed by atoms with van der Waals surface area (Å²) >= 11 is 1.33. The average Bonchev–Trinajstić information content (AvgIpc) is 3.10. The highest BCUT2D eigenvalue weighted by Gasteiger charge is 2.15. The smallest absolute Gasteiger partial charge is 0.325 e. The lowest BCUT2D eigenvalue weighted by Gasteiger charge is -2.17. The second kappa shape index (κ2) is 9.72. The first kappa shape index (κ1) is 20.4. The number of esters is 1. The van der Waals surface area contributed by atoms with Gasteiger partial charge < -0.3 is 20.1 Å². The van der Waals surface area contributed by atoms with Crippen LogP contribution in [-0.2, 0) is 14.3 Å². The Hall–Kier alpha value is -2.87. The maximum Gasteiger partial charge on any atom is 0.325 e. The van der Waals surface area contributed by atoms with Crippen molar-refractivity contribution in [2.75, 3.05) is 20.3 Å². The third-order valence-corrected chi connectivity index (χ3v) is 4.70. The van der Waals surface area contributed by atoms with Crippen LogP contribution >= 0.6 is 11.3 Å². The summed E-state index contributed by atoms with van der Waals surface area (Å²) in [7, 11) is 1.56. The highest BCUT2D eigenvalue weighted by molar-refractivity contribution is 7.13. The minimum Gasteiger partial charge on any atom is -0.496 e. The predicted octanol–water partition coefficient (Wildman–Crippen LogP) is 2.22. The predicted molar refractivity (Wildman–Crippen MR) is 102 cm³/mol. The molecule has 0 saturated heterocycles. The number of thiophene rings is 1. The van der Waals surface area contributed by atoms with Crippen LogP contribution in [0.5, 0.6) is 5.75 Å². The molecular weight excluding hydrogens is 368 g/mol. The zero-order valence-electron chi connectivity index (χ0n) is 15.4. The molecule has 2 N–H and O–H groups in total. The lowest BCUT2D eigenvalue weighted by Crippen LogP contribution is -2.34. The Balaban J connectivity index is 1.74. The molecule has 1 aromatic heterocycles. The van der Waals surface area contributed by atoms with Gasteiger partial charge in [-0.1, -0.05) is 18.2 Å². The standard InChI is InChI=1S/C19H22N2O5S/c1-12-8-9-16(27-12)19(24)20-10-18(23)26-11-17(22)21-13(2)14-6-4-5-7-15(14)25-3/h4-9,13H,10-11H2,1-3H3,(H,20,24)(H,21,22). The Labute approximate surface area is 161 Å². The Morgan fingerprint density at radius 2 is 1.89 bits per heavy atom. The molecule has 0 aliphatic rings. The van der Waals surface area contributed by atoms with Crippen molar-refractivity contribution in [3.63, 3.8) is 0 Å². The number of amides is 2. The van der Waals surface area contributed by atoms with Gasteiger partial charge in [0.2, 0.25) is 0 Å². The number of aryl methyl sites for hydroxylation is 1. The maximum absolute atomic E-state index is 12.0. The van der Waals surface area contributed by atoms with Crippen molar-refractivity contribution in [1.82, 2.24) is 10.6 Å². The van der Waals surface area contributed by atoms with E-state index < -0.39 is 18.5 Å². The third kappa shape index (κ3) is 6.10.